The highest BCUT2D eigenvalue weighted by Crippen LogP contribution is 2.40. The van der Waals surface area contributed by atoms with Crippen LogP contribution < -0.4 is 21.7 Å². The summed E-state index contributed by atoms with van der Waals surface area (Å²) in [6, 6.07) is 30.2. The molecule has 119 heavy (non-hydrogen) atoms. The number of benzene rings is 3. The number of thioether (sulfide) groups is 3. The van der Waals surface area contributed by atoms with Gasteiger partial charge in [-0.25, -0.2) is 24.9 Å². The van der Waals surface area contributed by atoms with Gasteiger partial charge in [-0.1, -0.05) is 343 Å². The zero-order valence-electron chi connectivity index (χ0n) is 83.7. The molecule has 0 saturated carbocycles. The van der Waals surface area contributed by atoms with E-state index in [9.17, 15) is 4.79 Å². The Morgan fingerprint density at radius 2 is 0.958 bits per heavy atom. The van der Waals surface area contributed by atoms with E-state index in [0.717, 1.165) is 68.0 Å². The first kappa shape index (κ1) is 128. The molecule has 0 spiro atoms. The highest BCUT2D eigenvalue weighted by Gasteiger charge is 2.23. The maximum absolute atomic E-state index is 11.2. The summed E-state index contributed by atoms with van der Waals surface area (Å²) >= 11 is 7.50. The monoisotopic (exact) mass is 1730 g/mol. The van der Waals surface area contributed by atoms with Gasteiger partial charge in [0.2, 0.25) is 11.9 Å². The number of carbonyl (C=O) groups excluding carboxylic acids is 1. The summed E-state index contributed by atoms with van der Waals surface area (Å²) in [7, 11) is 1.87. The van der Waals surface area contributed by atoms with Crippen LogP contribution in [0.25, 0.3) is 0 Å². The number of nitrogen functional groups attached to an aromatic ring is 1. The van der Waals surface area contributed by atoms with Gasteiger partial charge in [0.25, 0.3) is 0 Å². The molecule has 1 amide bonds. The number of aliphatic imine (C=N–C) groups is 4. The molecule has 12 rings (SSSR count). The number of nitrogens with one attached hydrogen (secondary N) is 3. The molecule has 0 saturated heterocycles. The number of nitrogens with zero attached hydrogens (tertiary/aromatic N) is 12. The number of aryl methyl sites for hydroxylation is 1. The van der Waals surface area contributed by atoms with E-state index in [1.807, 2.05) is 244 Å². The second-order valence-corrected chi connectivity index (χ2v) is 31.3. The molecule has 17 nitrogen and oxygen atoms in total. The summed E-state index contributed by atoms with van der Waals surface area (Å²) in [6.07, 6.45) is 9.43. The van der Waals surface area contributed by atoms with Crippen molar-refractivity contribution in [3.63, 3.8) is 0 Å². The summed E-state index contributed by atoms with van der Waals surface area (Å²) in [6.45, 7) is 89.6. The number of fused-ring (bicyclic) bond motifs is 2. The quantitative estimate of drug-likeness (QED) is 0.0946. The highest BCUT2D eigenvalue weighted by molar-refractivity contribution is 8.14. The lowest BCUT2D eigenvalue weighted by Crippen LogP contribution is -2.23. The Morgan fingerprint density at radius 1 is 0.487 bits per heavy atom. The molecule has 1 atom stereocenters. The Kier molecular flexibility index (Phi) is 94.0. The molecular weight excluding hydrogens is 1550 g/mol. The molecule has 9 heterocycles. The number of rotatable bonds is 11. The van der Waals surface area contributed by atoms with Crippen molar-refractivity contribution in [3.8, 4) is 0 Å². The van der Waals surface area contributed by atoms with Crippen molar-refractivity contribution in [1.82, 2.24) is 45.0 Å². The zero-order valence-corrected chi connectivity index (χ0v) is 87.0. The number of thiazole rings is 1. The fraction of sp³-hybridized carbons (Fsp3) is 0.633. The van der Waals surface area contributed by atoms with E-state index < -0.39 is 0 Å². The standard InChI is InChI=1S/C12H15N.C10H13NO.C10H13NS.2C7H10N2.C7H11NS.C7H13NS.C6H12N4.C6H12N2.C6H11NS.10C2H6/c1-9(2)12-11-6-4-3-5-10(11)7-8-13-12;1-8(2)10(12)11-9-6-4-3-5-7-9;1-7(2)10-11-8-5-3-4-6-9(8)12-10;2*1-6(2)7-8-4-3-5-9-7;1-5(2)7-8-6(3)4-9-7;1-6(2)7-8-4-3-5-9-7;1-4(2)5-8-9-6(7)10(5)3;2*1-5(2)6-7-3-4-8-6;10*1-2/h3-6,9H,7-8H2,1-2H3;3-8H,1-2H3,(H,11,12);3-7,10-11H,1-2H3;2*3-6H,1-2H3;4-5H,1-3H3;6H,3-5H2,1-2H3;4H,1-3H3,(H2,7,9);5H,3-4H2,1-2H3,(H,7,8);5H,3-4H2,1-2H3;10*1-2H3. The van der Waals surface area contributed by atoms with Crippen molar-refractivity contribution in [3.05, 3.63) is 160 Å². The molecule has 0 radical (unpaired) electrons. The van der Waals surface area contributed by atoms with Gasteiger partial charge in [-0.05, 0) is 79.1 Å². The highest BCUT2D eigenvalue weighted by atomic mass is 32.2. The van der Waals surface area contributed by atoms with Crippen LogP contribution in [0.2, 0.25) is 0 Å². The lowest BCUT2D eigenvalue weighted by atomic mass is 9.92. The normalized spacial score (nSPS) is 12.6. The van der Waals surface area contributed by atoms with Gasteiger partial charge in [-0.2, -0.15) is 0 Å². The Bertz CT molecular complexity index is 3360. The van der Waals surface area contributed by atoms with Crippen LogP contribution in [0, 0.1) is 42.4 Å². The van der Waals surface area contributed by atoms with Crippen molar-refractivity contribution in [1.29, 1.82) is 0 Å². The van der Waals surface area contributed by atoms with Crippen LogP contribution in [0.15, 0.2) is 146 Å². The van der Waals surface area contributed by atoms with Crippen molar-refractivity contribution in [2.24, 2.45) is 62.5 Å². The third-order valence-electron chi connectivity index (χ3n) is 14.6. The number of hydrogen-bond acceptors (Lipinski definition) is 19. The van der Waals surface area contributed by atoms with Gasteiger partial charge in [0.1, 0.15) is 17.5 Å². The Labute approximate surface area is 750 Å². The van der Waals surface area contributed by atoms with E-state index in [1.54, 1.807) is 40.7 Å². The molecule has 3 aromatic carbocycles. The van der Waals surface area contributed by atoms with Gasteiger partial charge >= 0.3 is 0 Å². The van der Waals surface area contributed by atoms with Gasteiger partial charge in [0.15, 0.2) is 0 Å². The minimum Gasteiger partial charge on any atom is -0.372 e. The zero-order chi connectivity index (χ0) is 93.4. The second kappa shape index (κ2) is 87.5. The Hall–Kier alpha value is -6.81. The molecule has 5 N–H and O–H groups in total. The van der Waals surface area contributed by atoms with Gasteiger partial charge in [-0.15, -0.1) is 45.1 Å². The van der Waals surface area contributed by atoms with Crippen molar-refractivity contribution >= 4 is 91.5 Å². The van der Waals surface area contributed by atoms with Gasteiger partial charge in [0.05, 0.1) is 32.8 Å². The minimum absolute atomic E-state index is 0.0326. The van der Waals surface area contributed by atoms with Crippen molar-refractivity contribution < 1.29 is 4.79 Å². The average Bonchev–Trinajstić information content (AvgIpc) is 1.72. The summed E-state index contributed by atoms with van der Waals surface area (Å²) in [5.41, 5.74) is 12.9. The number of carbonyl (C=O) groups is 1. The number of para-hydroxylation sites is 2. The van der Waals surface area contributed by atoms with Gasteiger partial charge < -0.3 is 26.3 Å². The number of hydrogen-bond donors (Lipinski definition) is 4. The van der Waals surface area contributed by atoms with Crippen LogP contribution in [0.1, 0.15) is 346 Å². The molecule has 682 valence electrons. The van der Waals surface area contributed by atoms with E-state index >= 15 is 0 Å². The van der Waals surface area contributed by atoms with Crippen LogP contribution in [0.5, 0.6) is 0 Å². The maximum atomic E-state index is 11.2. The third-order valence-corrected chi connectivity index (χ3v) is 20.0. The number of amides is 1. The molecule has 0 bridgehead atoms. The summed E-state index contributed by atoms with van der Waals surface area (Å²) < 4.78 is 1.80. The van der Waals surface area contributed by atoms with Crippen LogP contribution in [0.4, 0.5) is 17.3 Å². The molecule has 5 aliphatic heterocycles. The summed E-state index contributed by atoms with van der Waals surface area (Å²) in [4.78, 5) is 50.7. The molecule has 21 heteroatoms. The first-order valence-electron chi connectivity index (χ1n) is 45.3. The fourth-order valence-corrected chi connectivity index (χ4v) is 12.9. The molecule has 0 fully saturated rings. The van der Waals surface area contributed by atoms with E-state index in [1.165, 1.54) is 66.3 Å². The largest absolute Gasteiger partial charge is 0.372 e. The summed E-state index contributed by atoms with van der Waals surface area (Å²) in [5.74, 6) is 11.9. The first-order valence-corrected chi connectivity index (χ1v) is 49.1. The Morgan fingerprint density at radius 3 is 1.28 bits per heavy atom. The molecular formula is C98H180N16OS4. The van der Waals surface area contributed by atoms with Crippen molar-refractivity contribution in [2.75, 3.05) is 60.6 Å². The predicted molar refractivity (Wildman–Crippen MR) is 546 cm³/mol. The molecule has 0 aliphatic carbocycles. The predicted octanol–water partition coefficient (Wildman–Crippen LogP) is 29.3. The number of anilines is 3. The third kappa shape index (κ3) is 62.9. The lowest BCUT2D eigenvalue weighted by Gasteiger charge is -2.18. The smallest absolute Gasteiger partial charge is 0.226 e. The van der Waals surface area contributed by atoms with Crippen LogP contribution in [0.3, 0.4) is 0 Å². The minimum atomic E-state index is 0.0326. The summed E-state index contributed by atoms with van der Waals surface area (Å²) in [5, 5.41) is 23.7. The second-order valence-electron chi connectivity index (χ2n) is 27.0. The average molecular weight is 1730 g/mol. The van der Waals surface area contributed by atoms with Crippen molar-refractivity contribution in [2.45, 2.75) is 331 Å². The van der Waals surface area contributed by atoms with Crippen LogP contribution in [-0.4, -0.2) is 117 Å². The topological polar surface area (TPSA) is 224 Å². The van der Waals surface area contributed by atoms with Crippen LogP contribution in [-0.2, 0) is 18.3 Å². The molecule has 7 aromatic rings. The Balaban J connectivity index is -0.000000188. The van der Waals surface area contributed by atoms with Gasteiger partial charge in [0, 0.05) is 150 Å². The first-order chi connectivity index (χ1) is 57.1. The molecule has 1 unspecified atom stereocenters. The molecule has 5 aliphatic rings. The SMILES string of the molecule is CC.CC.CC.CC.CC.CC.CC.CC.CC.CC.CC(C)C(=O)Nc1ccccc1.CC(C)C1=NCCCS1.CC(C)C1=NCCN1.CC(C)C1=NCCS1.CC(C)C1=NCCc2ccccc21.CC(C)C1Nc2ccccc2S1.CC(C)c1ncccn1.CC(C)c1ncccn1.CC(C)c1nnc(N)n1C.Cc1csc(C(C)C)n1. The van der Waals surface area contributed by atoms with E-state index in [0.29, 0.717) is 64.6 Å². The van der Waals surface area contributed by atoms with E-state index in [-0.39, 0.29) is 11.8 Å². The van der Waals surface area contributed by atoms with Crippen LogP contribution >= 0.6 is 46.6 Å². The number of aromatic nitrogens is 8. The lowest BCUT2D eigenvalue weighted by molar-refractivity contribution is -0.118. The molecule has 4 aromatic heterocycles. The van der Waals surface area contributed by atoms with E-state index in [4.69, 9.17) is 5.73 Å². The number of nitrogens with two attached hydrogens (primary N) is 1. The maximum Gasteiger partial charge on any atom is 0.226 e. The fourth-order valence-electron chi connectivity index (χ4n) is 9.02. The number of amidine groups is 1. The van der Waals surface area contributed by atoms with Gasteiger partial charge in [-0.3, -0.25) is 24.8 Å². The van der Waals surface area contributed by atoms with E-state index in [2.05, 4.69) is 250 Å².